The first-order chi connectivity index (χ1) is 8.99. The van der Waals surface area contributed by atoms with Crippen LogP contribution >= 0.6 is 15.9 Å². The zero-order valence-corrected chi connectivity index (χ0v) is 10.8. The van der Waals surface area contributed by atoms with Gasteiger partial charge in [0.05, 0.1) is 5.56 Å². The van der Waals surface area contributed by atoms with Gasteiger partial charge in [0.25, 0.3) is 5.91 Å². The van der Waals surface area contributed by atoms with Crippen molar-refractivity contribution in [2.24, 2.45) is 0 Å². The molecule has 0 atom stereocenters. The summed E-state index contributed by atoms with van der Waals surface area (Å²) in [5.74, 6) is -1.91. The Kier molecular flexibility index (Phi) is 3.47. The molecule has 8 nitrogen and oxygen atoms in total. The molecule has 0 unspecified atom stereocenters. The summed E-state index contributed by atoms with van der Waals surface area (Å²) in [7, 11) is 0. The van der Waals surface area contributed by atoms with Crippen LogP contribution in [0, 0.1) is 0 Å². The number of rotatable bonds is 3. The van der Waals surface area contributed by atoms with Gasteiger partial charge in [-0.3, -0.25) is 4.79 Å². The highest BCUT2D eigenvalue weighted by atomic mass is 79.9. The number of hydrogen-bond acceptors (Lipinski definition) is 6. The third-order valence-electron chi connectivity index (χ3n) is 2.18. The van der Waals surface area contributed by atoms with Crippen molar-refractivity contribution in [3.63, 3.8) is 0 Å². The summed E-state index contributed by atoms with van der Waals surface area (Å²) in [4.78, 5) is 22.7. The van der Waals surface area contributed by atoms with E-state index in [1.54, 1.807) is 0 Å². The van der Waals surface area contributed by atoms with E-state index in [1.165, 1.54) is 18.2 Å². The lowest BCUT2D eigenvalue weighted by molar-refractivity contribution is 0.0695. The molecule has 98 valence electrons. The van der Waals surface area contributed by atoms with Gasteiger partial charge in [-0.25, -0.2) is 9.42 Å². The van der Waals surface area contributed by atoms with Crippen LogP contribution in [-0.4, -0.2) is 27.3 Å². The summed E-state index contributed by atoms with van der Waals surface area (Å²) in [6, 6.07) is 4.33. The van der Waals surface area contributed by atoms with Crippen LogP contribution in [0.15, 0.2) is 27.3 Å². The molecular weight excluding hydrogens is 320 g/mol. The Balaban J connectivity index is 2.25. The third kappa shape index (κ3) is 2.71. The van der Waals surface area contributed by atoms with Crippen molar-refractivity contribution in [1.82, 2.24) is 10.3 Å². The number of carboxylic acid groups (broad SMARTS) is 1. The van der Waals surface area contributed by atoms with Crippen LogP contribution in [-0.2, 0) is 0 Å². The molecule has 19 heavy (non-hydrogen) atoms. The maximum absolute atomic E-state index is 11.7. The molecule has 1 aromatic carbocycles. The fourth-order valence-electron chi connectivity index (χ4n) is 1.31. The third-order valence-corrected chi connectivity index (χ3v) is 2.88. The second kappa shape index (κ2) is 5.06. The lowest BCUT2D eigenvalue weighted by atomic mass is 10.2. The molecule has 0 spiro atoms. The second-order valence-corrected chi connectivity index (χ2v) is 4.31. The van der Waals surface area contributed by atoms with Crippen LogP contribution in [0.3, 0.4) is 0 Å². The van der Waals surface area contributed by atoms with Crippen LogP contribution < -0.4 is 11.1 Å². The zero-order valence-electron chi connectivity index (χ0n) is 9.25. The van der Waals surface area contributed by atoms with Gasteiger partial charge in [-0.2, -0.15) is 0 Å². The first kappa shape index (κ1) is 13.0. The number of halogens is 1. The van der Waals surface area contributed by atoms with Crippen molar-refractivity contribution in [3.8, 4) is 0 Å². The number of hydrogen-bond donors (Lipinski definition) is 3. The molecule has 0 aliphatic rings. The molecule has 1 aromatic heterocycles. The Morgan fingerprint density at radius 2 is 2.11 bits per heavy atom. The summed E-state index contributed by atoms with van der Waals surface area (Å²) in [5, 5.41) is 18.0. The Labute approximate surface area is 114 Å². The summed E-state index contributed by atoms with van der Waals surface area (Å²) < 4.78 is 4.70. The van der Waals surface area contributed by atoms with Crippen molar-refractivity contribution < 1.29 is 19.3 Å². The Morgan fingerprint density at radius 3 is 2.68 bits per heavy atom. The molecular formula is C10H7BrN4O4. The minimum absolute atomic E-state index is 0.0176. The van der Waals surface area contributed by atoms with Gasteiger partial charge in [-0.05, 0) is 44.4 Å². The number of aromatic carboxylic acids is 1. The van der Waals surface area contributed by atoms with Crippen molar-refractivity contribution in [2.45, 2.75) is 0 Å². The van der Waals surface area contributed by atoms with Crippen LogP contribution in [0.1, 0.15) is 20.8 Å². The van der Waals surface area contributed by atoms with E-state index in [2.05, 4.69) is 36.2 Å². The van der Waals surface area contributed by atoms with Crippen molar-refractivity contribution in [1.29, 1.82) is 0 Å². The molecule has 0 aliphatic heterocycles. The number of aromatic nitrogens is 2. The molecule has 0 radical (unpaired) electrons. The van der Waals surface area contributed by atoms with Gasteiger partial charge in [0, 0.05) is 10.2 Å². The predicted molar refractivity (Wildman–Crippen MR) is 67.8 cm³/mol. The lowest BCUT2D eigenvalue weighted by Crippen LogP contribution is -2.14. The molecule has 0 fully saturated rings. The molecule has 1 heterocycles. The highest BCUT2D eigenvalue weighted by Gasteiger charge is 2.17. The summed E-state index contributed by atoms with van der Waals surface area (Å²) in [6.45, 7) is 0. The van der Waals surface area contributed by atoms with E-state index in [1.807, 2.05) is 0 Å². The van der Waals surface area contributed by atoms with Gasteiger partial charge in [-0.15, -0.1) is 0 Å². The Morgan fingerprint density at radius 1 is 1.37 bits per heavy atom. The number of carbonyl (C=O) groups is 2. The molecule has 2 aromatic rings. The Hall–Kier alpha value is -2.42. The summed E-state index contributed by atoms with van der Waals surface area (Å²) >= 11 is 3.10. The lowest BCUT2D eigenvalue weighted by Gasteiger charge is -2.05. The monoisotopic (exact) mass is 326 g/mol. The van der Waals surface area contributed by atoms with Crippen LogP contribution in [0.2, 0.25) is 0 Å². The van der Waals surface area contributed by atoms with Crippen molar-refractivity contribution in [2.75, 3.05) is 11.1 Å². The minimum atomic E-state index is -1.12. The fourth-order valence-corrected chi connectivity index (χ4v) is 1.73. The molecule has 0 saturated heterocycles. The normalized spacial score (nSPS) is 10.2. The van der Waals surface area contributed by atoms with Gasteiger partial charge < -0.3 is 16.2 Å². The number of nitrogens with two attached hydrogens (primary N) is 1. The predicted octanol–water partition coefficient (Wildman–Crippen LogP) is 1.36. The standard InChI is InChI=1S/C10H7BrN4O4/c11-6-2-1-4(3-5(6)10(17)18)13-9(16)7-8(12)15-19-14-7/h1-3H,(H2,12,15)(H,13,16)(H,17,18). The van der Waals surface area contributed by atoms with Crippen molar-refractivity contribution in [3.05, 3.63) is 33.9 Å². The molecule has 1 amide bonds. The zero-order chi connectivity index (χ0) is 14.0. The SMILES string of the molecule is Nc1nonc1C(=O)Nc1ccc(Br)c(C(=O)O)c1. The number of amides is 1. The number of benzene rings is 1. The number of anilines is 2. The van der Waals surface area contributed by atoms with Crippen molar-refractivity contribution >= 4 is 39.3 Å². The molecule has 0 bridgehead atoms. The largest absolute Gasteiger partial charge is 0.478 e. The summed E-state index contributed by atoms with van der Waals surface area (Å²) in [6.07, 6.45) is 0. The topological polar surface area (TPSA) is 131 Å². The first-order valence-corrected chi connectivity index (χ1v) is 5.70. The molecule has 9 heteroatoms. The van der Waals surface area contributed by atoms with Crippen LogP contribution in [0.4, 0.5) is 11.5 Å². The maximum Gasteiger partial charge on any atom is 0.336 e. The van der Waals surface area contributed by atoms with Crippen LogP contribution in [0.5, 0.6) is 0 Å². The average Bonchev–Trinajstić information content (AvgIpc) is 2.77. The highest BCUT2D eigenvalue weighted by molar-refractivity contribution is 9.10. The van der Waals surface area contributed by atoms with E-state index in [0.29, 0.717) is 4.47 Å². The van der Waals surface area contributed by atoms with E-state index >= 15 is 0 Å². The first-order valence-electron chi connectivity index (χ1n) is 4.91. The molecule has 2 rings (SSSR count). The fraction of sp³-hybridized carbons (Fsp3) is 0. The maximum atomic E-state index is 11.7. The number of carboxylic acids is 1. The summed E-state index contributed by atoms with van der Waals surface area (Å²) in [5.41, 5.74) is 5.50. The number of nitrogens with one attached hydrogen (secondary N) is 1. The van der Waals surface area contributed by atoms with Crippen LogP contribution in [0.25, 0.3) is 0 Å². The number of carbonyl (C=O) groups excluding carboxylic acids is 1. The number of nitrogen functional groups attached to an aromatic ring is 1. The van der Waals surface area contributed by atoms with E-state index in [9.17, 15) is 9.59 Å². The van der Waals surface area contributed by atoms with Gasteiger partial charge in [0.2, 0.25) is 11.5 Å². The highest BCUT2D eigenvalue weighted by Crippen LogP contribution is 2.21. The van der Waals surface area contributed by atoms with Gasteiger partial charge in [0.15, 0.2) is 0 Å². The minimum Gasteiger partial charge on any atom is -0.478 e. The van der Waals surface area contributed by atoms with E-state index in [0.717, 1.165) is 0 Å². The van der Waals surface area contributed by atoms with Gasteiger partial charge in [0.1, 0.15) is 0 Å². The van der Waals surface area contributed by atoms with E-state index in [4.69, 9.17) is 10.8 Å². The van der Waals surface area contributed by atoms with E-state index < -0.39 is 11.9 Å². The van der Waals surface area contributed by atoms with E-state index in [-0.39, 0.29) is 22.8 Å². The second-order valence-electron chi connectivity index (χ2n) is 3.45. The quantitative estimate of drug-likeness (QED) is 0.775. The smallest absolute Gasteiger partial charge is 0.336 e. The molecule has 0 aliphatic carbocycles. The average molecular weight is 327 g/mol. The Bertz CT molecular complexity index is 655. The number of nitrogens with zero attached hydrogens (tertiary/aromatic N) is 2. The van der Waals surface area contributed by atoms with Gasteiger partial charge in [-0.1, -0.05) is 0 Å². The molecule has 4 N–H and O–H groups in total. The molecule has 0 saturated carbocycles. The van der Waals surface area contributed by atoms with Gasteiger partial charge >= 0.3 is 5.97 Å².